The van der Waals surface area contributed by atoms with Crippen LogP contribution in [0.3, 0.4) is 0 Å². The summed E-state index contributed by atoms with van der Waals surface area (Å²) >= 11 is 6.12. The third-order valence-electron chi connectivity index (χ3n) is 3.20. The first-order valence-corrected chi connectivity index (χ1v) is 6.78. The van der Waals surface area contributed by atoms with E-state index in [1.165, 1.54) is 5.56 Å². The predicted molar refractivity (Wildman–Crippen MR) is 80.8 cm³/mol. The van der Waals surface area contributed by atoms with Crippen molar-refractivity contribution in [2.45, 2.75) is 18.9 Å². The Bertz CT molecular complexity index is 545. The van der Waals surface area contributed by atoms with E-state index in [1.807, 2.05) is 30.3 Å². The normalized spacial score (nSPS) is 12.2. The maximum Gasteiger partial charge on any atom is 0.118 e. The zero-order valence-corrected chi connectivity index (χ0v) is 12.1. The van der Waals surface area contributed by atoms with Crippen LogP contribution in [0, 0.1) is 0 Å². The van der Waals surface area contributed by atoms with Crippen LogP contribution in [0.25, 0.3) is 0 Å². The largest absolute Gasteiger partial charge is 0.497 e. The summed E-state index contributed by atoms with van der Waals surface area (Å²) in [6, 6.07) is 10.0. The van der Waals surface area contributed by atoms with E-state index in [0.717, 1.165) is 24.2 Å². The van der Waals surface area contributed by atoms with Gasteiger partial charge in [-0.2, -0.15) is 0 Å². The lowest BCUT2D eigenvalue weighted by Crippen LogP contribution is -2.38. The number of rotatable bonds is 6. The highest BCUT2D eigenvalue weighted by atomic mass is 35.5. The third kappa shape index (κ3) is 3.93. The van der Waals surface area contributed by atoms with E-state index >= 15 is 0 Å². The summed E-state index contributed by atoms with van der Waals surface area (Å²) in [5.41, 5.74) is 5.08. The number of hydrogen-bond donors (Lipinski definition) is 2. The number of benzene rings is 1. The fourth-order valence-corrected chi connectivity index (χ4v) is 2.27. The Balaban J connectivity index is 2.03. The molecule has 106 valence electrons. The highest BCUT2D eigenvalue weighted by Crippen LogP contribution is 2.18. The average Bonchev–Trinajstić information content (AvgIpc) is 2.49. The first-order valence-electron chi connectivity index (χ1n) is 6.40. The highest BCUT2D eigenvalue weighted by molar-refractivity contribution is 6.31. The number of nitrogens with one attached hydrogen (secondary N) is 1. The monoisotopic (exact) mass is 291 g/mol. The molecule has 5 heteroatoms. The van der Waals surface area contributed by atoms with Crippen molar-refractivity contribution in [1.82, 2.24) is 10.4 Å². The zero-order valence-electron chi connectivity index (χ0n) is 11.3. The van der Waals surface area contributed by atoms with E-state index in [0.29, 0.717) is 5.02 Å². The van der Waals surface area contributed by atoms with Crippen LogP contribution in [-0.4, -0.2) is 18.1 Å². The van der Waals surface area contributed by atoms with Crippen molar-refractivity contribution in [3.05, 3.63) is 58.9 Å². The van der Waals surface area contributed by atoms with Gasteiger partial charge >= 0.3 is 0 Å². The number of nitrogens with two attached hydrogens (primary N) is 1. The molecule has 0 saturated carbocycles. The molecule has 1 heterocycles. The first kappa shape index (κ1) is 14.8. The van der Waals surface area contributed by atoms with Crippen molar-refractivity contribution in [3.63, 3.8) is 0 Å². The lowest BCUT2D eigenvalue weighted by atomic mass is 10.00. The number of nitrogens with zero attached hydrogens (tertiary/aromatic N) is 1. The molecular weight excluding hydrogens is 274 g/mol. The van der Waals surface area contributed by atoms with Crippen molar-refractivity contribution in [1.29, 1.82) is 0 Å². The molecular formula is C15H18ClN3O. The highest BCUT2D eigenvalue weighted by Gasteiger charge is 2.11. The van der Waals surface area contributed by atoms with E-state index in [-0.39, 0.29) is 6.04 Å². The predicted octanol–water partition coefficient (Wildman–Crippen LogP) is 2.36. The van der Waals surface area contributed by atoms with Gasteiger partial charge in [0, 0.05) is 18.4 Å². The van der Waals surface area contributed by atoms with Crippen LogP contribution in [0.5, 0.6) is 5.75 Å². The van der Waals surface area contributed by atoms with Gasteiger partial charge in [0.25, 0.3) is 0 Å². The van der Waals surface area contributed by atoms with Crippen molar-refractivity contribution < 1.29 is 4.74 Å². The molecule has 1 aromatic carbocycles. The SMILES string of the molecule is COc1ccc(CC(Cc2ccncc2Cl)NN)cc1. The quantitative estimate of drug-likeness (QED) is 0.634. The minimum Gasteiger partial charge on any atom is -0.497 e. The summed E-state index contributed by atoms with van der Waals surface area (Å²) in [6.45, 7) is 0. The lowest BCUT2D eigenvalue weighted by molar-refractivity contribution is 0.414. The van der Waals surface area contributed by atoms with Crippen LogP contribution in [0.2, 0.25) is 5.02 Å². The van der Waals surface area contributed by atoms with Crippen LogP contribution >= 0.6 is 11.6 Å². The van der Waals surface area contributed by atoms with Crippen LogP contribution in [0.15, 0.2) is 42.7 Å². The summed E-state index contributed by atoms with van der Waals surface area (Å²) in [5.74, 6) is 6.49. The Morgan fingerprint density at radius 3 is 2.60 bits per heavy atom. The van der Waals surface area contributed by atoms with Gasteiger partial charge in [-0.3, -0.25) is 16.3 Å². The summed E-state index contributed by atoms with van der Waals surface area (Å²) in [4.78, 5) is 3.98. The van der Waals surface area contributed by atoms with Gasteiger partial charge < -0.3 is 4.74 Å². The molecule has 0 saturated heterocycles. The van der Waals surface area contributed by atoms with Crippen molar-refractivity contribution in [3.8, 4) is 5.75 Å². The van der Waals surface area contributed by atoms with E-state index < -0.39 is 0 Å². The van der Waals surface area contributed by atoms with E-state index in [9.17, 15) is 0 Å². The van der Waals surface area contributed by atoms with Crippen molar-refractivity contribution >= 4 is 11.6 Å². The Labute approximate surface area is 123 Å². The molecule has 20 heavy (non-hydrogen) atoms. The molecule has 0 aliphatic heterocycles. The Kier molecular flexibility index (Phi) is 5.35. The van der Waals surface area contributed by atoms with Gasteiger partial charge in [0.15, 0.2) is 0 Å². The number of halogens is 1. The molecule has 0 bridgehead atoms. The zero-order chi connectivity index (χ0) is 14.4. The first-order chi connectivity index (χ1) is 9.72. The molecule has 0 fully saturated rings. The average molecular weight is 292 g/mol. The molecule has 2 rings (SSSR count). The molecule has 0 amide bonds. The molecule has 3 N–H and O–H groups in total. The van der Waals surface area contributed by atoms with E-state index in [2.05, 4.69) is 10.4 Å². The molecule has 2 aromatic rings. The molecule has 0 aliphatic carbocycles. The van der Waals surface area contributed by atoms with Crippen molar-refractivity contribution in [2.75, 3.05) is 7.11 Å². The number of hydrogen-bond acceptors (Lipinski definition) is 4. The minimum absolute atomic E-state index is 0.114. The van der Waals surface area contributed by atoms with Crippen LogP contribution in [0.4, 0.5) is 0 Å². The topological polar surface area (TPSA) is 60.2 Å². The van der Waals surface area contributed by atoms with E-state index in [1.54, 1.807) is 19.5 Å². The fourth-order valence-electron chi connectivity index (χ4n) is 2.07. The van der Waals surface area contributed by atoms with Crippen LogP contribution in [-0.2, 0) is 12.8 Å². The smallest absolute Gasteiger partial charge is 0.118 e. The summed E-state index contributed by atoms with van der Waals surface area (Å²) in [7, 11) is 1.66. The molecule has 1 aromatic heterocycles. The van der Waals surface area contributed by atoms with Gasteiger partial charge in [-0.15, -0.1) is 0 Å². The molecule has 1 atom stereocenters. The maximum atomic E-state index is 6.12. The molecule has 1 unspecified atom stereocenters. The maximum absolute atomic E-state index is 6.12. The molecule has 4 nitrogen and oxygen atoms in total. The Morgan fingerprint density at radius 1 is 1.25 bits per heavy atom. The van der Waals surface area contributed by atoms with Gasteiger partial charge in [-0.1, -0.05) is 23.7 Å². The second-order valence-corrected chi connectivity index (χ2v) is 4.99. The Morgan fingerprint density at radius 2 is 2.00 bits per heavy atom. The summed E-state index contributed by atoms with van der Waals surface area (Å²) in [5, 5.41) is 0.669. The van der Waals surface area contributed by atoms with Gasteiger partial charge in [-0.05, 0) is 42.2 Å². The van der Waals surface area contributed by atoms with Gasteiger partial charge in [0.2, 0.25) is 0 Å². The molecule has 0 aliphatic rings. The number of aromatic nitrogens is 1. The fraction of sp³-hybridized carbons (Fsp3) is 0.267. The summed E-state index contributed by atoms with van der Waals surface area (Å²) in [6.07, 6.45) is 4.96. The van der Waals surface area contributed by atoms with E-state index in [4.69, 9.17) is 22.2 Å². The summed E-state index contributed by atoms with van der Waals surface area (Å²) < 4.78 is 5.15. The van der Waals surface area contributed by atoms with Gasteiger partial charge in [0.05, 0.1) is 12.1 Å². The van der Waals surface area contributed by atoms with Crippen molar-refractivity contribution in [2.24, 2.45) is 5.84 Å². The number of hydrazine groups is 1. The molecule has 0 spiro atoms. The van der Waals surface area contributed by atoms with Crippen LogP contribution in [0.1, 0.15) is 11.1 Å². The third-order valence-corrected chi connectivity index (χ3v) is 3.54. The van der Waals surface area contributed by atoms with Crippen LogP contribution < -0.4 is 16.0 Å². The van der Waals surface area contributed by atoms with Gasteiger partial charge in [0.1, 0.15) is 5.75 Å². The van der Waals surface area contributed by atoms with Gasteiger partial charge in [-0.25, -0.2) is 0 Å². The number of ether oxygens (including phenoxy) is 1. The minimum atomic E-state index is 0.114. The number of pyridine rings is 1. The second kappa shape index (κ2) is 7.24. The number of methoxy groups -OCH3 is 1. The second-order valence-electron chi connectivity index (χ2n) is 4.59. The standard InChI is InChI=1S/C15H18ClN3O/c1-20-14-4-2-11(3-5-14)8-13(19-17)9-12-6-7-18-10-15(12)16/h2-7,10,13,19H,8-9,17H2,1H3. The molecule has 0 radical (unpaired) electrons. The Hall–Kier alpha value is -1.62. The lowest BCUT2D eigenvalue weighted by Gasteiger charge is -2.17.